The Balaban J connectivity index is 2.21. The van der Waals surface area contributed by atoms with Gasteiger partial charge in [0, 0.05) is 25.6 Å². The van der Waals surface area contributed by atoms with E-state index in [2.05, 4.69) is 6.92 Å². The van der Waals surface area contributed by atoms with Crippen molar-refractivity contribution in [3.05, 3.63) is 23.2 Å². The summed E-state index contributed by atoms with van der Waals surface area (Å²) >= 11 is 0. The lowest BCUT2D eigenvalue weighted by Crippen LogP contribution is -2.38. The summed E-state index contributed by atoms with van der Waals surface area (Å²) in [5.74, 6) is -0.262. The number of aromatic carboxylic acids is 1. The molecule has 5 heteroatoms. The minimum absolute atomic E-state index is 0.0934. The number of amides is 1. The molecule has 1 unspecified atom stereocenters. The Kier molecular flexibility index (Phi) is 3.93. The highest BCUT2D eigenvalue weighted by Gasteiger charge is 2.26. The molecule has 1 aromatic heterocycles. The predicted molar refractivity (Wildman–Crippen MR) is 69.3 cm³/mol. The van der Waals surface area contributed by atoms with Gasteiger partial charge in [0.05, 0.1) is 0 Å². The van der Waals surface area contributed by atoms with Crippen LogP contribution in [0, 0.1) is 5.92 Å². The largest absolute Gasteiger partial charge is 0.478 e. The summed E-state index contributed by atoms with van der Waals surface area (Å²) in [5.41, 5.74) is 0.0934. The highest BCUT2D eigenvalue weighted by Crippen LogP contribution is 2.21. The lowest BCUT2D eigenvalue weighted by atomic mass is 10.0. The Labute approximate surface area is 112 Å². The van der Waals surface area contributed by atoms with Crippen molar-refractivity contribution in [1.82, 2.24) is 4.90 Å². The Hall–Kier alpha value is -1.78. The summed E-state index contributed by atoms with van der Waals surface area (Å²) in [6.45, 7) is 5.35. The standard InChI is InChI=1S/C14H19NO4/c1-3-11-10(14(17)18)7-12(19-11)13(16)15-6-4-5-9(2)8-15/h7,9H,3-6,8H2,1-2H3,(H,17,18). The molecule has 0 aromatic carbocycles. The number of hydrogen-bond donors (Lipinski definition) is 1. The first-order chi connectivity index (χ1) is 9.02. The molecule has 104 valence electrons. The molecule has 2 heterocycles. The van der Waals surface area contributed by atoms with Crippen LogP contribution < -0.4 is 0 Å². The number of furan rings is 1. The van der Waals surface area contributed by atoms with Gasteiger partial charge in [-0.3, -0.25) is 4.79 Å². The van der Waals surface area contributed by atoms with Crippen molar-refractivity contribution >= 4 is 11.9 Å². The fourth-order valence-corrected chi connectivity index (χ4v) is 2.51. The predicted octanol–water partition coefficient (Wildman–Crippen LogP) is 2.41. The first kappa shape index (κ1) is 13.6. The maximum Gasteiger partial charge on any atom is 0.339 e. The SMILES string of the molecule is CCc1oc(C(=O)N2CCCC(C)C2)cc1C(=O)O. The van der Waals surface area contributed by atoms with Gasteiger partial charge in [-0.15, -0.1) is 0 Å². The summed E-state index contributed by atoms with van der Waals surface area (Å²) in [6, 6.07) is 1.35. The number of carbonyl (C=O) groups excluding carboxylic acids is 1. The molecule has 0 bridgehead atoms. The molecule has 1 atom stereocenters. The van der Waals surface area contributed by atoms with Crippen LogP contribution in [0.2, 0.25) is 0 Å². The Morgan fingerprint density at radius 3 is 2.79 bits per heavy atom. The minimum Gasteiger partial charge on any atom is -0.478 e. The van der Waals surface area contributed by atoms with Gasteiger partial charge in [-0.05, 0) is 18.8 Å². The Bertz CT molecular complexity index is 492. The van der Waals surface area contributed by atoms with Crippen molar-refractivity contribution in [3.63, 3.8) is 0 Å². The van der Waals surface area contributed by atoms with Crippen LogP contribution in [0.4, 0.5) is 0 Å². The average molecular weight is 265 g/mol. The van der Waals surface area contributed by atoms with Crippen LogP contribution in [-0.2, 0) is 6.42 Å². The van der Waals surface area contributed by atoms with Gasteiger partial charge in [-0.25, -0.2) is 4.79 Å². The van der Waals surface area contributed by atoms with E-state index in [0.29, 0.717) is 31.2 Å². The fraction of sp³-hybridized carbons (Fsp3) is 0.571. The highest BCUT2D eigenvalue weighted by atomic mass is 16.4. The van der Waals surface area contributed by atoms with Crippen molar-refractivity contribution < 1.29 is 19.1 Å². The van der Waals surface area contributed by atoms with Gasteiger partial charge >= 0.3 is 5.97 Å². The quantitative estimate of drug-likeness (QED) is 0.911. The smallest absolute Gasteiger partial charge is 0.339 e. The van der Waals surface area contributed by atoms with E-state index < -0.39 is 5.97 Å². The van der Waals surface area contributed by atoms with Crippen molar-refractivity contribution in [1.29, 1.82) is 0 Å². The topological polar surface area (TPSA) is 70.8 Å². The maximum absolute atomic E-state index is 12.3. The van der Waals surface area contributed by atoms with Crippen LogP contribution in [0.25, 0.3) is 0 Å². The number of nitrogens with zero attached hydrogens (tertiary/aromatic N) is 1. The second-order valence-electron chi connectivity index (χ2n) is 5.10. The number of aryl methyl sites for hydroxylation is 1. The van der Waals surface area contributed by atoms with Crippen LogP contribution in [-0.4, -0.2) is 35.0 Å². The maximum atomic E-state index is 12.3. The molecule has 1 saturated heterocycles. The normalized spacial score (nSPS) is 19.5. The third-order valence-corrected chi connectivity index (χ3v) is 3.52. The zero-order chi connectivity index (χ0) is 14.0. The highest BCUT2D eigenvalue weighted by molar-refractivity contribution is 5.96. The fourth-order valence-electron chi connectivity index (χ4n) is 2.51. The number of likely N-dealkylation sites (tertiary alicyclic amines) is 1. The number of carbonyl (C=O) groups is 2. The third-order valence-electron chi connectivity index (χ3n) is 3.52. The minimum atomic E-state index is -1.05. The first-order valence-electron chi connectivity index (χ1n) is 6.68. The number of hydrogen-bond acceptors (Lipinski definition) is 3. The number of piperidine rings is 1. The van der Waals surface area contributed by atoms with E-state index in [1.807, 2.05) is 6.92 Å². The van der Waals surface area contributed by atoms with E-state index in [4.69, 9.17) is 9.52 Å². The first-order valence-corrected chi connectivity index (χ1v) is 6.68. The Morgan fingerprint density at radius 1 is 1.53 bits per heavy atom. The number of carboxylic acids is 1. The van der Waals surface area contributed by atoms with Gasteiger partial charge in [-0.1, -0.05) is 13.8 Å². The zero-order valence-corrected chi connectivity index (χ0v) is 11.3. The second kappa shape index (κ2) is 5.47. The molecule has 5 nitrogen and oxygen atoms in total. The van der Waals surface area contributed by atoms with Crippen LogP contribution in [0.15, 0.2) is 10.5 Å². The van der Waals surface area contributed by atoms with Gasteiger partial charge in [0.15, 0.2) is 5.76 Å². The Morgan fingerprint density at radius 2 is 2.26 bits per heavy atom. The molecule has 0 radical (unpaired) electrons. The summed E-state index contributed by atoms with van der Waals surface area (Å²) in [5, 5.41) is 9.06. The molecule has 0 saturated carbocycles. The van der Waals surface area contributed by atoms with Crippen LogP contribution >= 0.6 is 0 Å². The summed E-state index contributed by atoms with van der Waals surface area (Å²) in [7, 11) is 0. The molecule has 1 aliphatic rings. The molecule has 1 fully saturated rings. The molecule has 1 N–H and O–H groups in total. The summed E-state index contributed by atoms with van der Waals surface area (Å²) in [6.07, 6.45) is 2.58. The van der Waals surface area contributed by atoms with Gasteiger partial charge in [0.2, 0.25) is 0 Å². The molecular formula is C14H19NO4. The van der Waals surface area contributed by atoms with Crippen molar-refractivity contribution in [2.24, 2.45) is 5.92 Å². The number of rotatable bonds is 3. The van der Waals surface area contributed by atoms with E-state index in [1.165, 1.54) is 6.07 Å². The molecule has 19 heavy (non-hydrogen) atoms. The molecule has 1 amide bonds. The van der Waals surface area contributed by atoms with E-state index in [0.717, 1.165) is 12.8 Å². The van der Waals surface area contributed by atoms with Crippen molar-refractivity contribution in [2.75, 3.05) is 13.1 Å². The second-order valence-corrected chi connectivity index (χ2v) is 5.10. The third kappa shape index (κ3) is 2.80. The molecule has 0 aliphatic carbocycles. The zero-order valence-electron chi connectivity index (χ0n) is 11.3. The van der Waals surface area contributed by atoms with Gasteiger partial charge in [0.25, 0.3) is 5.91 Å². The van der Waals surface area contributed by atoms with Crippen LogP contribution in [0.3, 0.4) is 0 Å². The lowest BCUT2D eigenvalue weighted by molar-refractivity contribution is 0.0647. The van der Waals surface area contributed by atoms with E-state index in [9.17, 15) is 9.59 Å². The average Bonchev–Trinajstić information content (AvgIpc) is 2.82. The molecule has 0 spiro atoms. The lowest BCUT2D eigenvalue weighted by Gasteiger charge is -2.30. The van der Waals surface area contributed by atoms with Crippen LogP contribution in [0.5, 0.6) is 0 Å². The molecular weight excluding hydrogens is 246 g/mol. The van der Waals surface area contributed by atoms with E-state index in [1.54, 1.807) is 4.90 Å². The number of carboxylic acid groups (broad SMARTS) is 1. The van der Waals surface area contributed by atoms with E-state index in [-0.39, 0.29) is 17.2 Å². The summed E-state index contributed by atoms with van der Waals surface area (Å²) in [4.78, 5) is 25.1. The summed E-state index contributed by atoms with van der Waals surface area (Å²) < 4.78 is 5.40. The van der Waals surface area contributed by atoms with Crippen LogP contribution in [0.1, 0.15) is 53.4 Å². The molecule has 1 aliphatic heterocycles. The van der Waals surface area contributed by atoms with E-state index >= 15 is 0 Å². The van der Waals surface area contributed by atoms with Crippen molar-refractivity contribution in [2.45, 2.75) is 33.1 Å². The van der Waals surface area contributed by atoms with Crippen molar-refractivity contribution in [3.8, 4) is 0 Å². The van der Waals surface area contributed by atoms with Gasteiger partial charge < -0.3 is 14.4 Å². The van der Waals surface area contributed by atoms with Gasteiger partial charge in [0.1, 0.15) is 11.3 Å². The van der Waals surface area contributed by atoms with Gasteiger partial charge in [-0.2, -0.15) is 0 Å². The molecule has 1 aromatic rings. The monoisotopic (exact) mass is 265 g/mol. The molecule has 2 rings (SSSR count).